The van der Waals surface area contributed by atoms with Crippen LogP contribution < -0.4 is 0 Å². The molecule has 0 radical (unpaired) electrons. The molecule has 122 valence electrons. The monoisotopic (exact) mass is 330 g/mol. The number of Topliss-reactive ketones (excluding diaryl/α,β-unsaturated/α-hetero) is 2. The summed E-state index contributed by atoms with van der Waals surface area (Å²) in [4.78, 5) is 22.6. The van der Waals surface area contributed by atoms with Crippen molar-refractivity contribution in [2.24, 2.45) is 0 Å². The molecule has 0 heterocycles. The Morgan fingerprint density at radius 1 is 1.00 bits per heavy atom. The lowest BCUT2D eigenvalue weighted by Crippen LogP contribution is -2.56. The number of carbonyl (C=O) groups is 2. The van der Waals surface area contributed by atoms with Gasteiger partial charge in [-0.05, 0) is 13.0 Å². The Labute approximate surface area is 119 Å². The molecule has 9 heteroatoms. The van der Waals surface area contributed by atoms with E-state index in [1.54, 1.807) is 0 Å². The van der Waals surface area contributed by atoms with E-state index in [0.717, 1.165) is 6.07 Å². The first-order valence-electron chi connectivity index (χ1n) is 5.76. The van der Waals surface area contributed by atoms with Crippen LogP contribution in [0.15, 0.2) is 24.3 Å². The third kappa shape index (κ3) is 3.28. The molecule has 0 spiro atoms. The average molecular weight is 330 g/mol. The molecule has 0 aliphatic heterocycles. The first-order chi connectivity index (χ1) is 9.80. The van der Waals surface area contributed by atoms with Crippen LogP contribution in [0, 0.1) is 6.92 Å². The predicted molar refractivity (Wildman–Crippen MR) is 61.1 cm³/mol. The van der Waals surface area contributed by atoms with Crippen molar-refractivity contribution < 1.29 is 40.3 Å². The van der Waals surface area contributed by atoms with Gasteiger partial charge in [-0.3, -0.25) is 9.59 Å². The van der Waals surface area contributed by atoms with Gasteiger partial charge in [0.05, 0.1) is 6.42 Å². The zero-order valence-electron chi connectivity index (χ0n) is 11.0. The van der Waals surface area contributed by atoms with Gasteiger partial charge in [0.25, 0.3) is 0 Å². The van der Waals surface area contributed by atoms with E-state index in [-0.39, 0.29) is 5.56 Å². The molecule has 0 fully saturated rings. The smallest absolute Gasteiger partial charge is 0.294 e. The Bertz CT molecular complexity index is 590. The van der Waals surface area contributed by atoms with Gasteiger partial charge in [-0.2, -0.15) is 30.7 Å². The largest absolute Gasteiger partial charge is 0.460 e. The number of rotatable bonds is 5. The second-order valence-corrected chi connectivity index (χ2v) is 4.54. The molecule has 1 rings (SSSR count). The maximum Gasteiger partial charge on any atom is 0.460 e. The average Bonchev–Trinajstić information content (AvgIpc) is 2.36. The lowest BCUT2D eigenvalue weighted by Gasteiger charge is -2.26. The van der Waals surface area contributed by atoms with E-state index in [2.05, 4.69) is 0 Å². The normalized spacial score (nSPS) is 13.1. The zero-order valence-corrected chi connectivity index (χ0v) is 11.0. The standard InChI is InChI=1S/C13H9F7O2/c1-7-3-2-4-8(5-7)9(21)6-10(22)11(14,15)12(16,17)13(18,19)20/h2-5H,6H2,1H3. The van der Waals surface area contributed by atoms with E-state index in [9.17, 15) is 40.3 Å². The second-order valence-electron chi connectivity index (χ2n) is 4.54. The van der Waals surface area contributed by atoms with Crippen LogP contribution in [-0.2, 0) is 4.79 Å². The molecule has 0 saturated heterocycles. The molecule has 0 saturated carbocycles. The highest BCUT2D eigenvalue weighted by molar-refractivity contribution is 6.10. The van der Waals surface area contributed by atoms with Crippen molar-refractivity contribution in [3.8, 4) is 0 Å². The van der Waals surface area contributed by atoms with Crippen LogP contribution in [0.1, 0.15) is 22.3 Å². The lowest BCUT2D eigenvalue weighted by molar-refractivity contribution is -0.343. The highest BCUT2D eigenvalue weighted by atomic mass is 19.4. The summed E-state index contributed by atoms with van der Waals surface area (Å²) >= 11 is 0. The van der Waals surface area contributed by atoms with Gasteiger partial charge in [0.2, 0.25) is 5.78 Å². The zero-order chi connectivity index (χ0) is 17.3. The summed E-state index contributed by atoms with van der Waals surface area (Å²) in [6.45, 7) is 1.53. The molecular weight excluding hydrogens is 321 g/mol. The van der Waals surface area contributed by atoms with Crippen molar-refractivity contribution in [3.05, 3.63) is 35.4 Å². The van der Waals surface area contributed by atoms with Gasteiger partial charge in [0.15, 0.2) is 5.78 Å². The summed E-state index contributed by atoms with van der Waals surface area (Å²) in [5, 5.41) is 0. The van der Waals surface area contributed by atoms with E-state index in [1.807, 2.05) is 0 Å². The van der Waals surface area contributed by atoms with E-state index >= 15 is 0 Å². The number of hydrogen-bond acceptors (Lipinski definition) is 2. The minimum absolute atomic E-state index is 0.237. The van der Waals surface area contributed by atoms with Gasteiger partial charge in [-0.15, -0.1) is 0 Å². The second kappa shape index (κ2) is 5.69. The first kappa shape index (κ1) is 18.1. The number of carbonyl (C=O) groups excluding carboxylic acids is 2. The van der Waals surface area contributed by atoms with Crippen LogP contribution >= 0.6 is 0 Å². The topological polar surface area (TPSA) is 34.1 Å². The number of ketones is 2. The van der Waals surface area contributed by atoms with Crippen LogP contribution in [0.25, 0.3) is 0 Å². The van der Waals surface area contributed by atoms with Gasteiger partial charge in [0, 0.05) is 5.56 Å². The fourth-order valence-corrected chi connectivity index (χ4v) is 1.53. The third-order valence-corrected chi connectivity index (χ3v) is 2.76. The Hall–Kier alpha value is -1.93. The SMILES string of the molecule is Cc1cccc(C(=O)CC(=O)C(F)(F)C(F)(F)C(F)(F)F)c1. The van der Waals surface area contributed by atoms with E-state index in [0.29, 0.717) is 5.56 Å². The molecule has 0 unspecified atom stereocenters. The molecule has 1 aromatic rings. The van der Waals surface area contributed by atoms with Crippen molar-refractivity contribution in [2.75, 3.05) is 0 Å². The number of hydrogen-bond donors (Lipinski definition) is 0. The minimum Gasteiger partial charge on any atom is -0.294 e. The van der Waals surface area contributed by atoms with Crippen molar-refractivity contribution in [1.82, 2.24) is 0 Å². The van der Waals surface area contributed by atoms with Crippen LogP contribution in [0.4, 0.5) is 30.7 Å². The Morgan fingerprint density at radius 2 is 1.55 bits per heavy atom. The summed E-state index contributed by atoms with van der Waals surface area (Å²) in [6.07, 6.45) is -8.37. The molecule has 0 aliphatic carbocycles. The minimum atomic E-state index is -6.61. The Kier molecular flexibility index (Phi) is 4.69. The van der Waals surface area contributed by atoms with E-state index in [4.69, 9.17) is 0 Å². The Morgan fingerprint density at radius 3 is 2.00 bits per heavy atom. The third-order valence-electron chi connectivity index (χ3n) is 2.76. The molecule has 1 aromatic carbocycles. The molecule has 0 amide bonds. The van der Waals surface area contributed by atoms with Crippen LogP contribution in [0.3, 0.4) is 0 Å². The highest BCUT2D eigenvalue weighted by Crippen LogP contribution is 2.47. The maximum atomic E-state index is 13.1. The van der Waals surface area contributed by atoms with Crippen LogP contribution in [0.2, 0.25) is 0 Å². The van der Waals surface area contributed by atoms with Crippen molar-refractivity contribution >= 4 is 11.6 Å². The molecule has 0 aromatic heterocycles. The Balaban J connectivity index is 2.99. The lowest BCUT2D eigenvalue weighted by atomic mass is 9.98. The highest BCUT2D eigenvalue weighted by Gasteiger charge is 2.75. The van der Waals surface area contributed by atoms with Crippen LogP contribution in [0.5, 0.6) is 0 Å². The number of aryl methyl sites for hydroxylation is 1. The predicted octanol–water partition coefficient (Wildman–Crippen LogP) is 3.97. The summed E-state index contributed by atoms with van der Waals surface area (Å²) in [5.41, 5.74) is 0.283. The van der Waals surface area contributed by atoms with Gasteiger partial charge in [-0.25, -0.2) is 0 Å². The molecule has 0 bridgehead atoms. The molecule has 0 N–H and O–H groups in total. The number of alkyl halides is 7. The molecule has 22 heavy (non-hydrogen) atoms. The molecular formula is C13H9F7O2. The fourth-order valence-electron chi connectivity index (χ4n) is 1.53. The molecule has 0 aliphatic rings. The number of halogens is 7. The van der Waals surface area contributed by atoms with Crippen LogP contribution in [-0.4, -0.2) is 29.6 Å². The molecule has 2 nitrogen and oxygen atoms in total. The maximum absolute atomic E-state index is 13.1. The summed E-state index contributed by atoms with van der Waals surface area (Å²) in [5.74, 6) is -16.6. The van der Waals surface area contributed by atoms with Gasteiger partial charge >= 0.3 is 18.0 Å². The fraction of sp³-hybridized carbons (Fsp3) is 0.385. The van der Waals surface area contributed by atoms with E-state index in [1.165, 1.54) is 25.1 Å². The van der Waals surface area contributed by atoms with E-state index < -0.39 is 36.0 Å². The summed E-state index contributed by atoms with van der Waals surface area (Å²) in [6, 6.07) is 5.19. The van der Waals surface area contributed by atoms with Gasteiger partial charge in [0.1, 0.15) is 0 Å². The summed E-state index contributed by atoms with van der Waals surface area (Å²) < 4.78 is 87.3. The van der Waals surface area contributed by atoms with Gasteiger partial charge < -0.3 is 0 Å². The first-order valence-corrected chi connectivity index (χ1v) is 5.76. The quantitative estimate of drug-likeness (QED) is 0.465. The van der Waals surface area contributed by atoms with Gasteiger partial charge in [-0.1, -0.05) is 23.8 Å². The molecule has 0 atom stereocenters. The summed E-state index contributed by atoms with van der Waals surface area (Å²) in [7, 11) is 0. The van der Waals surface area contributed by atoms with Crippen molar-refractivity contribution in [1.29, 1.82) is 0 Å². The number of benzene rings is 1. The van der Waals surface area contributed by atoms with Crippen molar-refractivity contribution in [3.63, 3.8) is 0 Å². The van der Waals surface area contributed by atoms with Crippen molar-refractivity contribution in [2.45, 2.75) is 31.4 Å².